The summed E-state index contributed by atoms with van der Waals surface area (Å²) in [5, 5.41) is 4.59. The van der Waals surface area contributed by atoms with Gasteiger partial charge in [-0.25, -0.2) is 4.68 Å². The molecule has 1 saturated carbocycles. The highest BCUT2D eigenvalue weighted by molar-refractivity contribution is 5.79. The van der Waals surface area contributed by atoms with Gasteiger partial charge in [0.05, 0.1) is 18.3 Å². The van der Waals surface area contributed by atoms with E-state index in [1.807, 2.05) is 23.1 Å². The lowest BCUT2D eigenvalue weighted by molar-refractivity contribution is -0.136. The van der Waals surface area contributed by atoms with Crippen LogP contribution in [0.15, 0.2) is 35.1 Å². The Morgan fingerprint density at radius 1 is 1.03 bits per heavy atom. The van der Waals surface area contributed by atoms with E-state index < -0.39 is 0 Å². The van der Waals surface area contributed by atoms with Crippen molar-refractivity contribution in [1.82, 2.24) is 14.7 Å². The smallest absolute Gasteiger partial charge is 0.266 e. The summed E-state index contributed by atoms with van der Waals surface area (Å²) in [6.07, 6.45) is 6.20. The second-order valence-electron chi connectivity index (χ2n) is 8.12. The molecule has 1 aromatic carbocycles. The molecule has 0 radical (unpaired) electrons. The van der Waals surface area contributed by atoms with Gasteiger partial charge in [-0.2, -0.15) is 5.10 Å². The molecule has 2 fully saturated rings. The maximum atomic E-state index is 12.9. The van der Waals surface area contributed by atoms with Crippen molar-refractivity contribution in [1.29, 1.82) is 0 Å². The number of hydrogen-bond donors (Lipinski definition) is 0. The number of hydrogen-bond acceptors (Lipinski definition) is 5. The van der Waals surface area contributed by atoms with Crippen LogP contribution in [-0.4, -0.2) is 40.0 Å². The molecular weight excluding hydrogens is 370 g/mol. The number of aromatic nitrogens is 2. The lowest BCUT2D eigenvalue weighted by Gasteiger charge is -2.27. The molecule has 2 aromatic rings. The molecule has 152 valence electrons. The summed E-state index contributed by atoms with van der Waals surface area (Å²) in [4.78, 5) is 27.4. The minimum Gasteiger partial charge on any atom is -0.454 e. The van der Waals surface area contributed by atoms with Crippen molar-refractivity contribution in [2.45, 2.75) is 51.1 Å². The molecule has 5 rings (SSSR count). The van der Waals surface area contributed by atoms with Crippen LogP contribution in [0.3, 0.4) is 0 Å². The summed E-state index contributed by atoms with van der Waals surface area (Å²) in [6.45, 7) is 1.45. The maximum absolute atomic E-state index is 12.9. The second kappa shape index (κ2) is 7.54. The van der Waals surface area contributed by atoms with Crippen molar-refractivity contribution in [2.24, 2.45) is 5.92 Å². The zero-order valence-corrected chi connectivity index (χ0v) is 16.4. The molecule has 3 aliphatic rings. The Bertz CT molecular complexity index is 980. The monoisotopic (exact) mass is 395 g/mol. The summed E-state index contributed by atoms with van der Waals surface area (Å²) in [7, 11) is 0. The summed E-state index contributed by atoms with van der Waals surface area (Å²) >= 11 is 0. The molecule has 0 spiro atoms. The number of rotatable bonds is 4. The van der Waals surface area contributed by atoms with E-state index in [1.54, 1.807) is 12.1 Å². The van der Waals surface area contributed by atoms with Crippen LogP contribution in [0.2, 0.25) is 0 Å². The van der Waals surface area contributed by atoms with Gasteiger partial charge in [0, 0.05) is 24.1 Å². The minimum absolute atomic E-state index is 0.0419. The van der Waals surface area contributed by atoms with Crippen LogP contribution in [-0.2, 0) is 11.3 Å². The summed E-state index contributed by atoms with van der Waals surface area (Å²) in [5.41, 5.74) is 1.43. The van der Waals surface area contributed by atoms with Crippen LogP contribution in [0.5, 0.6) is 11.5 Å². The number of amides is 1. The normalized spacial score (nSPS) is 21.1. The van der Waals surface area contributed by atoms with Crippen molar-refractivity contribution in [3.05, 3.63) is 40.7 Å². The first-order valence-electron chi connectivity index (χ1n) is 10.5. The van der Waals surface area contributed by atoms with E-state index in [4.69, 9.17) is 9.47 Å². The van der Waals surface area contributed by atoms with Gasteiger partial charge in [-0.1, -0.05) is 12.8 Å². The van der Waals surface area contributed by atoms with Gasteiger partial charge in [-0.05, 0) is 49.9 Å². The predicted octanol–water partition coefficient (Wildman–Crippen LogP) is 2.82. The van der Waals surface area contributed by atoms with E-state index in [9.17, 15) is 9.59 Å². The number of ether oxygens (including phenoxy) is 2. The van der Waals surface area contributed by atoms with Crippen molar-refractivity contribution in [2.75, 3.05) is 13.3 Å². The highest BCUT2D eigenvalue weighted by atomic mass is 16.7. The van der Waals surface area contributed by atoms with E-state index >= 15 is 0 Å². The van der Waals surface area contributed by atoms with Gasteiger partial charge in [0.25, 0.3) is 5.56 Å². The molecule has 1 amide bonds. The highest BCUT2D eigenvalue weighted by Gasteiger charge is 2.34. The average molecular weight is 395 g/mol. The molecule has 1 aromatic heterocycles. The summed E-state index contributed by atoms with van der Waals surface area (Å²) < 4.78 is 12.3. The first-order chi connectivity index (χ1) is 14.2. The van der Waals surface area contributed by atoms with Gasteiger partial charge in [-0.3, -0.25) is 9.59 Å². The molecular formula is C22H25N3O4. The molecule has 1 saturated heterocycles. The molecule has 29 heavy (non-hydrogen) atoms. The predicted molar refractivity (Wildman–Crippen MR) is 107 cm³/mol. The lowest BCUT2D eigenvalue weighted by atomic mass is 10.1. The number of benzene rings is 1. The van der Waals surface area contributed by atoms with E-state index in [1.165, 1.54) is 4.68 Å². The number of likely N-dealkylation sites (tertiary alicyclic amines) is 1. The Labute approximate surface area is 169 Å². The minimum atomic E-state index is -0.144. The van der Waals surface area contributed by atoms with Crippen LogP contribution in [0.25, 0.3) is 11.3 Å². The molecule has 3 heterocycles. The van der Waals surface area contributed by atoms with E-state index in [0.29, 0.717) is 23.7 Å². The third kappa shape index (κ3) is 3.50. The standard InChI is InChI=1S/C22H25N3O4/c26-21-10-8-18(16-7-9-19-20(12-16)29-14-28-19)23-25(21)13-17-6-3-11-24(17)22(27)15-4-1-2-5-15/h7-10,12,15,17H,1-6,11,13-14H2/t17-/m0/s1. The van der Waals surface area contributed by atoms with E-state index in [0.717, 1.165) is 50.6 Å². The fourth-order valence-electron chi connectivity index (χ4n) is 4.71. The van der Waals surface area contributed by atoms with Gasteiger partial charge in [-0.15, -0.1) is 0 Å². The zero-order valence-electron chi connectivity index (χ0n) is 16.4. The highest BCUT2D eigenvalue weighted by Crippen LogP contribution is 2.35. The Morgan fingerprint density at radius 2 is 1.86 bits per heavy atom. The van der Waals surface area contributed by atoms with Crippen LogP contribution in [0, 0.1) is 5.92 Å². The molecule has 1 atom stereocenters. The van der Waals surface area contributed by atoms with Crippen molar-refractivity contribution in [3.63, 3.8) is 0 Å². The quantitative estimate of drug-likeness (QED) is 0.796. The molecule has 0 N–H and O–H groups in total. The van der Waals surface area contributed by atoms with Gasteiger partial charge in [0.1, 0.15) is 0 Å². The van der Waals surface area contributed by atoms with Crippen molar-refractivity contribution >= 4 is 5.91 Å². The Morgan fingerprint density at radius 3 is 2.72 bits per heavy atom. The molecule has 7 heteroatoms. The Balaban J connectivity index is 1.37. The van der Waals surface area contributed by atoms with E-state index in [-0.39, 0.29) is 30.2 Å². The van der Waals surface area contributed by atoms with E-state index in [2.05, 4.69) is 5.10 Å². The largest absolute Gasteiger partial charge is 0.454 e. The number of nitrogens with zero attached hydrogens (tertiary/aromatic N) is 3. The molecule has 0 unspecified atom stereocenters. The van der Waals surface area contributed by atoms with Crippen molar-refractivity contribution < 1.29 is 14.3 Å². The first-order valence-corrected chi connectivity index (χ1v) is 10.5. The van der Waals surface area contributed by atoms with Crippen molar-refractivity contribution in [3.8, 4) is 22.8 Å². The fraction of sp³-hybridized carbons (Fsp3) is 0.500. The zero-order chi connectivity index (χ0) is 19.8. The van der Waals surface area contributed by atoms with Crippen LogP contribution < -0.4 is 15.0 Å². The first kappa shape index (κ1) is 18.2. The molecule has 1 aliphatic carbocycles. The molecule has 7 nitrogen and oxygen atoms in total. The lowest BCUT2D eigenvalue weighted by Crippen LogP contribution is -2.42. The number of carbonyl (C=O) groups excluding carboxylic acids is 1. The van der Waals surface area contributed by atoms with Gasteiger partial charge < -0.3 is 14.4 Å². The second-order valence-corrected chi connectivity index (χ2v) is 8.12. The van der Waals surface area contributed by atoms with Gasteiger partial charge in [0.2, 0.25) is 12.7 Å². The Kier molecular flexibility index (Phi) is 4.73. The molecule has 2 aliphatic heterocycles. The SMILES string of the molecule is O=C(C1CCCC1)N1CCC[C@H]1Cn1nc(-c2ccc3c(c2)OCO3)ccc1=O. The van der Waals surface area contributed by atoms with Crippen LogP contribution >= 0.6 is 0 Å². The Hall–Kier alpha value is -2.83. The maximum Gasteiger partial charge on any atom is 0.266 e. The van der Waals surface area contributed by atoms with Crippen LogP contribution in [0.1, 0.15) is 38.5 Å². The summed E-state index contributed by atoms with van der Waals surface area (Å²) in [6, 6.07) is 8.96. The summed E-state index contributed by atoms with van der Waals surface area (Å²) in [5.74, 6) is 1.84. The third-order valence-electron chi connectivity index (χ3n) is 6.28. The topological polar surface area (TPSA) is 73.7 Å². The van der Waals surface area contributed by atoms with Crippen LogP contribution in [0.4, 0.5) is 0 Å². The number of carbonyl (C=O) groups is 1. The fourth-order valence-corrected chi connectivity index (χ4v) is 4.71. The molecule has 0 bridgehead atoms. The van der Waals surface area contributed by atoms with Gasteiger partial charge in [0.15, 0.2) is 11.5 Å². The number of fused-ring (bicyclic) bond motifs is 1. The average Bonchev–Trinajstić information content (AvgIpc) is 3.50. The third-order valence-corrected chi connectivity index (χ3v) is 6.28. The van der Waals surface area contributed by atoms with Gasteiger partial charge >= 0.3 is 0 Å².